The van der Waals surface area contributed by atoms with Crippen LogP contribution in [0.2, 0.25) is 5.02 Å². The van der Waals surface area contributed by atoms with E-state index in [1.165, 1.54) is 0 Å². The zero-order valence-electron chi connectivity index (χ0n) is 12.9. The predicted molar refractivity (Wildman–Crippen MR) is 92.1 cm³/mol. The zero-order chi connectivity index (χ0) is 15.0. The van der Waals surface area contributed by atoms with Gasteiger partial charge >= 0.3 is 0 Å². The highest BCUT2D eigenvalue weighted by molar-refractivity contribution is 7.98. The first kappa shape index (κ1) is 17.6. The van der Waals surface area contributed by atoms with Crippen molar-refractivity contribution in [2.75, 3.05) is 30.5 Å². The van der Waals surface area contributed by atoms with E-state index in [0.29, 0.717) is 6.04 Å². The van der Waals surface area contributed by atoms with E-state index in [0.717, 1.165) is 48.1 Å². The molecule has 0 spiro atoms. The molecule has 0 saturated heterocycles. The molecule has 114 valence electrons. The van der Waals surface area contributed by atoms with Crippen molar-refractivity contribution >= 4 is 29.2 Å². The van der Waals surface area contributed by atoms with E-state index in [-0.39, 0.29) is 0 Å². The summed E-state index contributed by atoms with van der Waals surface area (Å²) in [5, 5.41) is 4.13. The second-order valence-electron chi connectivity index (χ2n) is 4.94. The van der Waals surface area contributed by atoms with Crippen LogP contribution in [0.15, 0.2) is 12.3 Å². The topological polar surface area (TPSA) is 28.2 Å². The van der Waals surface area contributed by atoms with Gasteiger partial charge in [-0.25, -0.2) is 4.98 Å². The molecule has 0 aliphatic heterocycles. The van der Waals surface area contributed by atoms with E-state index >= 15 is 0 Å². The normalized spacial score (nSPS) is 12.4. The average molecular weight is 316 g/mol. The van der Waals surface area contributed by atoms with Gasteiger partial charge in [-0.15, -0.1) is 0 Å². The van der Waals surface area contributed by atoms with E-state index in [2.05, 4.69) is 48.4 Å². The molecule has 0 radical (unpaired) electrons. The molecular formula is C15H26ClN3S. The summed E-state index contributed by atoms with van der Waals surface area (Å²) in [5.41, 5.74) is 1.12. The van der Waals surface area contributed by atoms with Gasteiger partial charge in [0.25, 0.3) is 0 Å². The van der Waals surface area contributed by atoms with Gasteiger partial charge in [-0.2, -0.15) is 11.8 Å². The molecule has 0 amide bonds. The fourth-order valence-corrected chi connectivity index (χ4v) is 3.09. The summed E-state index contributed by atoms with van der Waals surface area (Å²) in [6.07, 6.45) is 6.15. The Bertz CT molecular complexity index is 401. The van der Waals surface area contributed by atoms with Crippen LogP contribution in [0.1, 0.15) is 32.3 Å². The molecule has 1 atom stereocenters. The van der Waals surface area contributed by atoms with E-state index < -0.39 is 0 Å². The maximum atomic E-state index is 6.23. The molecule has 0 saturated carbocycles. The van der Waals surface area contributed by atoms with Crippen molar-refractivity contribution < 1.29 is 0 Å². The number of hydrogen-bond donors (Lipinski definition) is 1. The highest BCUT2D eigenvalue weighted by atomic mass is 35.5. The summed E-state index contributed by atoms with van der Waals surface area (Å²) in [6.45, 7) is 6.19. The first-order valence-electron chi connectivity index (χ1n) is 7.20. The van der Waals surface area contributed by atoms with Crippen LogP contribution in [0.5, 0.6) is 0 Å². The number of thioether (sulfide) groups is 1. The number of aromatic nitrogens is 1. The average Bonchev–Trinajstić information content (AvgIpc) is 2.46. The summed E-state index contributed by atoms with van der Waals surface area (Å²) < 4.78 is 0. The van der Waals surface area contributed by atoms with Gasteiger partial charge in [-0.1, -0.05) is 25.4 Å². The lowest BCUT2D eigenvalue weighted by atomic mass is 10.2. The van der Waals surface area contributed by atoms with Gasteiger partial charge in [-0.3, -0.25) is 0 Å². The van der Waals surface area contributed by atoms with Gasteiger partial charge in [0, 0.05) is 31.6 Å². The molecule has 1 aromatic rings. The Morgan fingerprint density at radius 2 is 2.20 bits per heavy atom. The number of anilines is 1. The third-order valence-corrected chi connectivity index (χ3v) is 4.46. The van der Waals surface area contributed by atoms with Gasteiger partial charge in [0.15, 0.2) is 0 Å². The molecule has 1 N–H and O–H groups in total. The van der Waals surface area contributed by atoms with Crippen LogP contribution in [0.4, 0.5) is 5.82 Å². The van der Waals surface area contributed by atoms with Crippen molar-refractivity contribution in [2.45, 2.75) is 39.3 Å². The van der Waals surface area contributed by atoms with E-state index in [1.54, 1.807) is 6.20 Å². The minimum absolute atomic E-state index is 0.509. The minimum Gasteiger partial charge on any atom is -0.356 e. The Labute approximate surface area is 132 Å². The van der Waals surface area contributed by atoms with Crippen molar-refractivity contribution in [1.29, 1.82) is 0 Å². The van der Waals surface area contributed by atoms with Crippen LogP contribution in [0.3, 0.4) is 0 Å². The second-order valence-corrected chi connectivity index (χ2v) is 6.26. The van der Waals surface area contributed by atoms with E-state index in [1.807, 2.05) is 11.8 Å². The lowest BCUT2D eigenvalue weighted by Crippen LogP contribution is -2.33. The first-order valence-corrected chi connectivity index (χ1v) is 8.98. The van der Waals surface area contributed by atoms with Gasteiger partial charge in [0.1, 0.15) is 5.82 Å². The molecule has 0 bridgehead atoms. The summed E-state index contributed by atoms with van der Waals surface area (Å²) >= 11 is 8.10. The third-order valence-electron chi connectivity index (χ3n) is 3.40. The molecule has 0 fully saturated rings. The van der Waals surface area contributed by atoms with Crippen LogP contribution < -0.4 is 10.2 Å². The molecule has 1 unspecified atom stereocenters. The van der Waals surface area contributed by atoms with Crippen molar-refractivity contribution in [1.82, 2.24) is 10.3 Å². The van der Waals surface area contributed by atoms with Crippen molar-refractivity contribution in [2.24, 2.45) is 0 Å². The summed E-state index contributed by atoms with van der Waals surface area (Å²) in [6, 6.07) is 2.61. The fraction of sp³-hybridized carbons (Fsp3) is 0.667. The molecule has 1 heterocycles. The highest BCUT2D eigenvalue weighted by Crippen LogP contribution is 2.22. The van der Waals surface area contributed by atoms with Crippen LogP contribution in [0, 0.1) is 0 Å². The maximum Gasteiger partial charge on any atom is 0.128 e. The van der Waals surface area contributed by atoms with Gasteiger partial charge in [-0.05, 0) is 37.3 Å². The SMILES string of the molecule is CCCNCc1cc(N(C)C(CC)CSC)ncc1Cl. The highest BCUT2D eigenvalue weighted by Gasteiger charge is 2.15. The van der Waals surface area contributed by atoms with E-state index in [4.69, 9.17) is 11.6 Å². The lowest BCUT2D eigenvalue weighted by molar-refractivity contribution is 0.659. The molecular weight excluding hydrogens is 290 g/mol. The zero-order valence-corrected chi connectivity index (χ0v) is 14.5. The molecule has 3 nitrogen and oxygen atoms in total. The second kappa shape index (κ2) is 9.48. The minimum atomic E-state index is 0.509. The smallest absolute Gasteiger partial charge is 0.128 e. The van der Waals surface area contributed by atoms with Crippen LogP contribution >= 0.6 is 23.4 Å². The van der Waals surface area contributed by atoms with Crippen molar-refractivity contribution in [3.8, 4) is 0 Å². The number of nitrogens with one attached hydrogen (secondary N) is 1. The largest absolute Gasteiger partial charge is 0.356 e. The molecule has 1 aromatic heterocycles. The molecule has 5 heteroatoms. The fourth-order valence-electron chi connectivity index (χ4n) is 2.08. The van der Waals surface area contributed by atoms with E-state index in [9.17, 15) is 0 Å². The lowest BCUT2D eigenvalue weighted by Gasteiger charge is -2.28. The first-order chi connectivity index (χ1) is 9.63. The maximum absolute atomic E-state index is 6.23. The van der Waals surface area contributed by atoms with Gasteiger partial charge < -0.3 is 10.2 Å². The van der Waals surface area contributed by atoms with Crippen molar-refractivity contribution in [3.63, 3.8) is 0 Å². The summed E-state index contributed by atoms with van der Waals surface area (Å²) in [7, 11) is 2.11. The molecule has 0 aliphatic carbocycles. The molecule has 20 heavy (non-hydrogen) atoms. The Morgan fingerprint density at radius 1 is 1.45 bits per heavy atom. The number of nitrogens with zero attached hydrogens (tertiary/aromatic N) is 2. The van der Waals surface area contributed by atoms with Crippen LogP contribution in [-0.4, -0.2) is 36.6 Å². The van der Waals surface area contributed by atoms with Crippen molar-refractivity contribution in [3.05, 3.63) is 22.8 Å². The summed E-state index contributed by atoms with van der Waals surface area (Å²) in [5.74, 6) is 2.12. The number of halogens is 1. The summed E-state index contributed by atoms with van der Waals surface area (Å²) in [4.78, 5) is 6.74. The Kier molecular flexibility index (Phi) is 8.34. The predicted octanol–water partition coefficient (Wildman–Crippen LogP) is 3.81. The quantitative estimate of drug-likeness (QED) is 0.701. The number of rotatable bonds is 9. The van der Waals surface area contributed by atoms with Gasteiger partial charge in [0.2, 0.25) is 0 Å². The Hall–Kier alpha value is -0.450. The monoisotopic (exact) mass is 315 g/mol. The van der Waals surface area contributed by atoms with Gasteiger partial charge in [0.05, 0.1) is 5.02 Å². The number of pyridine rings is 1. The van der Waals surface area contributed by atoms with Crippen LogP contribution in [0.25, 0.3) is 0 Å². The Balaban J connectivity index is 2.81. The third kappa shape index (κ3) is 5.15. The number of hydrogen-bond acceptors (Lipinski definition) is 4. The van der Waals surface area contributed by atoms with Crippen LogP contribution in [-0.2, 0) is 6.54 Å². The molecule has 0 aromatic carbocycles. The molecule has 1 rings (SSSR count). The Morgan fingerprint density at radius 3 is 2.80 bits per heavy atom. The molecule has 0 aliphatic rings. The standard InChI is InChI=1S/C15H26ClN3S/c1-5-7-17-9-12-8-15(18-10-14(12)16)19(3)13(6-2)11-20-4/h8,10,13,17H,5-7,9,11H2,1-4H3.